The van der Waals surface area contributed by atoms with E-state index in [9.17, 15) is 17.6 Å². The van der Waals surface area contributed by atoms with Crippen molar-refractivity contribution in [3.8, 4) is 11.1 Å². The molecule has 0 aromatic heterocycles. The number of benzene rings is 2. The lowest BCUT2D eigenvalue weighted by Crippen LogP contribution is -2.54. The van der Waals surface area contributed by atoms with E-state index in [1.165, 1.54) is 35.7 Å². The molecule has 1 saturated heterocycles. The van der Waals surface area contributed by atoms with Crippen molar-refractivity contribution in [2.75, 3.05) is 19.4 Å². The fourth-order valence-electron chi connectivity index (χ4n) is 3.48. The predicted molar refractivity (Wildman–Crippen MR) is 113 cm³/mol. The zero-order valence-electron chi connectivity index (χ0n) is 16.6. The van der Waals surface area contributed by atoms with Gasteiger partial charge in [0.15, 0.2) is 0 Å². The normalized spacial score (nSPS) is 20.1. The zero-order chi connectivity index (χ0) is 21.2. The smallest absolute Gasteiger partial charge is 0.325 e. The lowest BCUT2D eigenvalue weighted by atomic mass is 10.0. The van der Waals surface area contributed by atoms with E-state index in [-0.39, 0.29) is 17.3 Å². The third kappa shape index (κ3) is 4.49. The van der Waals surface area contributed by atoms with Gasteiger partial charge >= 0.3 is 5.97 Å². The lowest BCUT2D eigenvalue weighted by Gasteiger charge is -2.36. The maximum Gasteiger partial charge on any atom is 0.325 e. The number of nitrogens with zero attached hydrogens (tertiary/aromatic N) is 1. The van der Waals surface area contributed by atoms with Crippen LogP contribution in [0.15, 0.2) is 53.4 Å². The van der Waals surface area contributed by atoms with E-state index in [4.69, 9.17) is 4.74 Å². The minimum absolute atomic E-state index is 0.111. The zero-order valence-corrected chi connectivity index (χ0v) is 18.2. The van der Waals surface area contributed by atoms with E-state index < -0.39 is 26.8 Å². The average molecular weight is 438 g/mol. The predicted octanol–water partition coefficient (Wildman–Crippen LogP) is 3.94. The second-order valence-corrected chi connectivity index (χ2v) is 11.0. The molecule has 0 saturated carbocycles. The number of hydrogen-bond acceptors (Lipinski definition) is 5. The summed E-state index contributed by atoms with van der Waals surface area (Å²) in [5.41, 5.74) is 1.57. The summed E-state index contributed by atoms with van der Waals surface area (Å²) in [7, 11) is -2.63. The Morgan fingerprint density at radius 2 is 1.66 bits per heavy atom. The van der Waals surface area contributed by atoms with Crippen LogP contribution in [-0.4, -0.2) is 48.9 Å². The monoisotopic (exact) mass is 437 g/mol. The highest BCUT2D eigenvalue weighted by atomic mass is 32.2. The Hall–Kier alpha value is -1.90. The molecule has 1 atom stereocenters. The van der Waals surface area contributed by atoms with Crippen LogP contribution in [0, 0.1) is 5.82 Å². The number of rotatable bonds is 4. The first-order chi connectivity index (χ1) is 13.7. The van der Waals surface area contributed by atoms with Crippen molar-refractivity contribution >= 4 is 27.8 Å². The van der Waals surface area contributed by atoms with Crippen molar-refractivity contribution in [2.45, 2.75) is 36.0 Å². The highest BCUT2D eigenvalue weighted by Crippen LogP contribution is 2.38. The maximum atomic E-state index is 13.4. The summed E-state index contributed by atoms with van der Waals surface area (Å²) >= 11 is 1.57. The summed E-state index contributed by atoms with van der Waals surface area (Å²) in [4.78, 5) is 12.6. The molecule has 3 rings (SSSR count). The quantitative estimate of drug-likeness (QED) is 0.678. The second-order valence-electron chi connectivity index (χ2n) is 7.38. The van der Waals surface area contributed by atoms with E-state index in [1.807, 2.05) is 13.8 Å². The van der Waals surface area contributed by atoms with Gasteiger partial charge in [-0.15, -0.1) is 0 Å². The van der Waals surface area contributed by atoms with Gasteiger partial charge < -0.3 is 4.74 Å². The Kier molecular flexibility index (Phi) is 6.36. The van der Waals surface area contributed by atoms with Crippen molar-refractivity contribution in [1.29, 1.82) is 0 Å². The minimum atomic E-state index is -3.91. The summed E-state index contributed by atoms with van der Waals surface area (Å²) in [6.07, 6.45) is 0.647. The van der Waals surface area contributed by atoms with Crippen LogP contribution >= 0.6 is 11.8 Å². The van der Waals surface area contributed by atoms with E-state index >= 15 is 0 Å². The molecule has 0 radical (unpaired) electrons. The topological polar surface area (TPSA) is 63.7 Å². The van der Waals surface area contributed by atoms with Gasteiger partial charge in [-0.1, -0.05) is 24.3 Å². The number of methoxy groups -OCH3 is 1. The number of ether oxygens (including phenoxy) is 1. The van der Waals surface area contributed by atoms with E-state index in [1.54, 1.807) is 36.0 Å². The lowest BCUT2D eigenvalue weighted by molar-refractivity contribution is -0.146. The van der Waals surface area contributed by atoms with Gasteiger partial charge in [-0.3, -0.25) is 4.79 Å². The standard InChI is InChI=1S/C21H24FNO4S2/c1-21(2)19(20(24)27-3)23(13-4-14-28-21)29(25,26)18-11-7-16(8-12-18)15-5-9-17(22)10-6-15/h5-12,19H,4,13-14H2,1-3H3/t19-/m0/s1. The first-order valence-electron chi connectivity index (χ1n) is 9.26. The van der Waals surface area contributed by atoms with Crippen LogP contribution in [0.25, 0.3) is 11.1 Å². The summed E-state index contributed by atoms with van der Waals surface area (Å²) in [6, 6.07) is 11.5. The number of hydrogen-bond donors (Lipinski definition) is 0. The number of thioether (sulfide) groups is 1. The molecule has 1 aliphatic rings. The van der Waals surface area contributed by atoms with Gasteiger partial charge in [0.2, 0.25) is 10.0 Å². The van der Waals surface area contributed by atoms with Gasteiger partial charge in [-0.05, 0) is 61.4 Å². The molecule has 0 aliphatic carbocycles. The van der Waals surface area contributed by atoms with Crippen LogP contribution < -0.4 is 0 Å². The Bertz CT molecular complexity index is 973. The summed E-state index contributed by atoms with van der Waals surface area (Å²) in [6.45, 7) is 3.98. The highest BCUT2D eigenvalue weighted by Gasteiger charge is 2.47. The Morgan fingerprint density at radius 1 is 1.10 bits per heavy atom. The molecule has 29 heavy (non-hydrogen) atoms. The van der Waals surface area contributed by atoms with Gasteiger partial charge in [0.05, 0.1) is 12.0 Å². The Morgan fingerprint density at radius 3 is 2.21 bits per heavy atom. The molecule has 5 nitrogen and oxygen atoms in total. The molecular formula is C21H24FNO4S2. The molecule has 156 valence electrons. The minimum Gasteiger partial charge on any atom is -0.468 e. The van der Waals surface area contributed by atoms with Gasteiger partial charge in [0, 0.05) is 11.3 Å². The molecule has 0 unspecified atom stereocenters. The molecule has 2 aromatic rings. The van der Waals surface area contributed by atoms with E-state index in [2.05, 4.69) is 0 Å². The molecule has 1 fully saturated rings. The van der Waals surface area contributed by atoms with Crippen molar-refractivity contribution < 1.29 is 22.3 Å². The fraction of sp³-hybridized carbons (Fsp3) is 0.381. The van der Waals surface area contributed by atoms with Crippen LogP contribution in [0.2, 0.25) is 0 Å². The molecule has 0 N–H and O–H groups in total. The third-order valence-electron chi connectivity index (χ3n) is 5.01. The summed E-state index contributed by atoms with van der Waals surface area (Å²) in [5.74, 6) is -0.130. The molecule has 0 spiro atoms. The fourth-order valence-corrected chi connectivity index (χ4v) is 6.47. The van der Waals surface area contributed by atoms with Crippen molar-refractivity contribution in [3.05, 3.63) is 54.3 Å². The second kappa shape index (κ2) is 8.45. The SMILES string of the molecule is COC(=O)[C@@H]1N(S(=O)(=O)c2ccc(-c3ccc(F)cc3)cc2)CCCSC1(C)C. The maximum absolute atomic E-state index is 13.4. The van der Waals surface area contributed by atoms with Gasteiger partial charge in [-0.25, -0.2) is 12.8 Å². The van der Waals surface area contributed by atoms with Crippen molar-refractivity contribution in [1.82, 2.24) is 4.31 Å². The molecule has 1 heterocycles. The number of esters is 1. The third-order valence-corrected chi connectivity index (χ3v) is 8.35. The number of carbonyl (C=O) groups is 1. The van der Waals surface area contributed by atoms with E-state index in [0.29, 0.717) is 6.42 Å². The molecule has 1 aliphatic heterocycles. The largest absolute Gasteiger partial charge is 0.468 e. The average Bonchev–Trinajstić information content (AvgIpc) is 2.86. The number of sulfonamides is 1. The molecule has 8 heteroatoms. The molecule has 0 amide bonds. The van der Waals surface area contributed by atoms with Gasteiger partial charge in [-0.2, -0.15) is 16.1 Å². The summed E-state index contributed by atoms with van der Waals surface area (Å²) in [5, 5.41) is 0. The number of carbonyl (C=O) groups excluding carboxylic acids is 1. The van der Waals surface area contributed by atoms with Crippen LogP contribution in [-0.2, 0) is 19.6 Å². The summed E-state index contributed by atoms with van der Waals surface area (Å²) < 4.78 is 45.5. The van der Waals surface area contributed by atoms with Gasteiger partial charge in [0.25, 0.3) is 0 Å². The first kappa shape index (κ1) is 21.8. The first-order valence-corrected chi connectivity index (χ1v) is 11.7. The van der Waals surface area contributed by atoms with Crippen molar-refractivity contribution in [3.63, 3.8) is 0 Å². The van der Waals surface area contributed by atoms with Crippen molar-refractivity contribution in [2.24, 2.45) is 0 Å². The van der Waals surface area contributed by atoms with Gasteiger partial charge in [0.1, 0.15) is 11.9 Å². The van der Waals surface area contributed by atoms with Crippen LogP contribution in [0.1, 0.15) is 20.3 Å². The Balaban J connectivity index is 1.97. The molecule has 2 aromatic carbocycles. The molecular weight excluding hydrogens is 413 g/mol. The Labute approximate surface area is 175 Å². The van der Waals surface area contributed by atoms with E-state index in [0.717, 1.165) is 16.9 Å². The molecule has 0 bridgehead atoms. The van der Waals surface area contributed by atoms with Crippen LogP contribution in [0.3, 0.4) is 0 Å². The van der Waals surface area contributed by atoms with Crippen LogP contribution in [0.4, 0.5) is 4.39 Å². The number of halogens is 1. The highest BCUT2D eigenvalue weighted by molar-refractivity contribution is 8.00. The van der Waals surface area contributed by atoms with Crippen LogP contribution in [0.5, 0.6) is 0 Å².